The quantitative estimate of drug-likeness (QED) is 0.747. The van der Waals surface area contributed by atoms with Crippen LogP contribution in [0.3, 0.4) is 0 Å². The SMILES string of the molecule is COc1ccc(C[NH+]2CCN(C(=O)C[C@@](C)(O)C(F)(F)F)CC2)cc1OC. The minimum atomic E-state index is -4.83. The van der Waals surface area contributed by atoms with Crippen LogP contribution >= 0.6 is 0 Å². The molecule has 1 fully saturated rings. The molecular formula is C18H26F3N2O4+. The second-order valence-electron chi connectivity index (χ2n) is 6.95. The van der Waals surface area contributed by atoms with Crippen molar-refractivity contribution in [3.05, 3.63) is 23.8 Å². The van der Waals surface area contributed by atoms with Crippen molar-refractivity contribution in [2.45, 2.75) is 31.7 Å². The van der Waals surface area contributed by atoms with Gasteiger partial charge in [0.1, 0.15) is 6.54 Å². The van der Waals surface area contributed by atoms with Crippen molar-refractivity contribution in [1.82, 2.24) is 4.90 Å². The maximum Gasteiger partial charge on any atom is 0.417 e. The zero-order chi connectivity index (χ0) is 20.2. The number of hydrogen-bond donors (Lipinski definition) is 2. The molecule has 1 aliphatic rings. The molecule has 27 heavy (non-hydrogen) atoms. The number of rotatable bonds is 6. The van der Waals surface area contributed by atoms with Gasteiger partial charge < -0.3 is 24.4 Å². The van der Waals surface area contributed by atoms with Crippen molar-refractivity contribution in [1.29, 1.82) is 0 Å². The monoisotopic (exact) mass is 391 g/mol. The van der Waals surface area contributed by atoms with E-state index in [0.717, 1.165) is 5.56 Å². The smallest absolute Gasteiger partial charge is 0.417 e. The molecule has 1 amide bonds. The second-order valence-corrected chi connectivity index (χ2v) is 6.95. The van der Waals surface area contributed by atoms with Crippen LogP contribution in [-0.4, -0.2) is 68.1 Å². The van der Waals surface area contributed by atoms with E-state index in [9.17, 15) is 23.1 Å². The lowest BCUT2D eigenvalue weighted by Gasteiger charge is -2.34. The van der Waals surface area contributed by atoms with Crippen LogP contribution in [0.1, 0.15) is 18.9 Å². The van der Waals surface area contributed by atoms with E-state index in [-0.39, 0.29) is 0 Å². The molecule has 152 valence electrons. The number of methoxy groups -OCH3 is 2. The van der Waals surface area contributed by atoms with E-state index in [4.69, 9.17) is 9.47 Å². The van der Waals surface area contributed by atoms with Crippen LogP contribution in [0.4, 0.5) is 13.2 Å². The highest BCUT2D eigenvalue weighted by Gasteiger charge is 2.51. The number of carbonyl (C=O) groups excluding carboxylic acids is 1. The lowest BCUT2D eigenvalue weighted by molar-refractivity contribution is -0.917. The number of piperazine rings is 1. The number of quaternary nitrogens is 1. The third-order valence-corrected chi connectivity index (χ3v) is 4.83. The van der Waals surface area contributed by atoms with Gasteiger partial charge in [0, 0.05) is 5.56 Å². The Morgan fingerprint density at radius 1 is 1.19 bits per heavy atom. The van der Waals surface area contributed by atoms with Crippen LogP contribution in [0.5, 0.6) is 11.5 Å². The van der Waals surface area contributed by atoms with Crippen LogP contribution in [0.25, 0.3) is 0 Å². The molecule has 1 aromatic rings. The number of nitrogens with one attached hydrogen (secondary N) is 1. The highest BCUT2D eigenvalue weighted by atomic mass is 19.4. The second kappa shape index (κ2) is 8.35. The van der Waals surface area contributed by atoms with Gasteiger partial charge in [0.15, 0.2) is 17.1 Å². The van der Waals surface area contributed by atoms with Crippen LogP contribution in [0.2, 0.25) is 0 Å². The molecule has 0 bridgehead atoms. The molecule has 1 aromatic carbocycles. The van der Waals surface area contributed by atoms with Crippen LogP contribution in [0, 0.1) is 0 Å². The summed E-state index contributed by atoms with van der Waals surface area (Å²) in [5.74, 6) is 0.600. The molecule has 2 N–H and O–H groups in total. The Balaban J connectivity index is 1.89. The van der Waals surface area contributed by atoms with E-state index in [1.165, 1.54) is 9.80 Å². The standard InChI is InChI=1S/C18H25F3N2O4/c1-17(25,18(19,20)21)11-16(24)23-8-6-22(7-9-23)12-13-4-5-14(26-2)15(10-13)27-3/h4-5,10,25H,6-9,11-12H2,1-3H3/p+1/t17-/m1/s1. The molecule has 1 saturated heterocycles. The number of nitrogens with zero attached hydrogens (tertiary/aromatic N) is 1. The van der Waals surface area contributed by atoms with Gasteiger partial charge in [-0.25, -0.2) is 0 Å². The summed E-state index contributed by atoms with van der Waals surface area (Å²) >= 11 is 0. The van der Waals surface area contributed by atoms with Crippen molar-refractivity contribution in [3.8, 4) is 11.5 Å². The van der Waals surface area contributed by atoms with Gasteiger partial charge in [-0.15, -0.1) is 0 Å². The average molecular weight is 391 g/mol. The highest BCUT2D eigenvalue weighted by molar-refractivity contribution is 5.77. The first-order valence-corrected chi connectivity index (χ1v) is 8.68. The van der Waals surface area contributed by atoms with Gasteiger partial charge in [-0.1, -0.05) is 0 Å². The largest absolute Gasteiger partial charge is 0.493 e. The zero-order valence-electron chi connectivity index (χ0n) is 15.7. The number of carbonyl (C=O) groups is 1. The molecule has 0 aliphatic carbocycles. The molecule has 1 aliphatic heterocycles. The topological polar surface area (TPSA) is 63.4 Å². The van der Waals surface area contributed by atoms with E-state index in [1.807, 2.05) is 18.2 Å². The summed E-state index contributed by atoms with van der Waals surface area (Å²) < 4.78 is 48.7. The molecule has 1 atom stereocenters. The predicted octanol–water partition coefficient (Wildman–Crippen LogP) is 0.634. The van der Waals surface area contributed by atoms with E-state index >= 15 is 0 Å². The van der Waals surface area contributed by atoms with Gasteiger partial charge in [-0.2, -0.15) is 13.2 Å². The van der Waals surface area contributed by atoms with Crippen molar-refractivity contribution in [3.63, 3.8) is 0 Å². The molecule has 2 rings (SSSR count). The molecule has 0 aromatic heterocycles. The maximum absolute atomic E-state index is 12.7. The lowest BCUT2D eigenvalue weighted by atomic mass is 10.0. The van der Waals surface area contributed by atoms with E-state index in [2.05, 4.69) is 0 Å². The van der Waals surface area contributed by atoms with Crippen LogP contribution < -0.4 is 14.4 Å². The summed E-state index contributed by atoms with van der Waals surface area (Å²) in [6, 6.07) is 5.66. The third-order valence-electron chi connectivity index (χ3n) is 4.83. The molecule has 0 radical (unpaired) electrons. The summed E-state index contributed by atoms with van der Waals surface area (Å²) in [5.41, 5.74) is -1.96. The minimum Gasteiger partial charge on any atom is -0.493 e. The number of halogens is 3. The Labute approximate surface area is 156 Å². The van der Waals surface area contributed by atoms with Crippen LogP contribution in [-0.2, 0) is 11.3 Å². The first kappa shape index (κ1) is 21.3. The average Bonchev–Trinajstić information content (AvgIpc) is 2.60. The van der Waals surface area contributed by atoms with E-state index < -0.39 is 24.1 Å². The number of aliphatic hydroxyl groups is 1. The molecule has 6 nitrogen and oxygen atoms in total. The zero-order valence-corrected chi connectivity index (χ0v) is 15.7. The molecule has 0 saturated carbocycles. The van der Waals surface area contributed by atoms with E-state index in [1.54, 1.807) is 14.2 Å². The summed E-state index contributed by atoms with van der Waals surface area (Å²) in [6.45, 7) is 3.29. The molecule has 0 spiro atoms. The molecule has 1 heterocycles. The van der Waals surface area contributed by atoms with Crippen molar-refractivity contribution < 1.29 is 37.4 Å². The Kier molecular flexibility index (Phi) is 6.59. The summed E-state index contributed by atoms with van der Waals surface area (Å²) in [5, 5.41) is 9.49. The first-order chi connectivity index (χ1) is 12.6. The van der Waals surface area contributed by atoms with Gasteiger partial charge in [0.2, 0.25) is 5.91 Å². The maximum atomic E-state index is 12.7. The Morgan fingerprint density at radius 3 is 2.30 bits per heavy atom. The molecular weight excluding hydrogens is 365 g/mol. The number of alkyl halides is 3. The molecule has 0 unspecified atom stereocenters. The van der Waals surface area contributed by atoms with Crippen molar-refractivity contribution in [2.75, 3.05) is 40.4 Å². The summed E-state index contributed by atoms with van der Waals surface area (Å²) in [4.78, 5) is 14.7. The molecule has 9 heteroatoms. The Hall–Kier alpha value is -2.00. The van der Waals surface area contributed by atoms with Crippen molar-refractivity contribution in [2.24, 2.45) is 0 Å². The number of ether oxygens (including phenoxy) is 2. The van der Waals surface area contributed by atoms with Crippen molar-refractivity contribution >= 4 is 5.91 Å². The fraction of sp³-hybridized carbons (Fsp3) is 0.611. The highest BCUT2D eigenvalue weighted by Crippen LogP contribution is 2.33. The third kappa shape index (κ3) is 5.26. The van der Waals surface area contributed by atoms with E-state index in [0.29, 0.717) is 51.1 Å². The number of hydrogen-bond acceptors (Lipinski definition) is 4. The number of amides is 1. The van der Waals surface area contributed by atoms with Gasteiger partial charge in [-0.3, -0.25) is 4.79 Å². The Bertz CT molecular complexity index is 656. The first-order valence-electron chi connectivity index (χ1n) is 8.68. The number of benzene rings is 1. The summed E-state index contributed by atoms with van der Waals surface area (Å²) in [6.07, 6.45) is -5.79. The van der Waals surface area contributed by atoms with Gasteiger partial charge in [0.25, 0.3) is 0 Å². The fourth-order valence-electron chi connectivity index (χ4n) is 3.03. The van der Waals surface area contributed by atoms with Crippen LogP contribution in [0.15, 0.2) is 18.2 Å². The Morgan fingerprint density at radius 2 is 1.78 bits per heavy atom. The summed E-state index contributed by atoms with van der Waals surface area (Å²) in [7, 11) is 3.13. The lowest BCUT2D eigenvalue weighted by Crippen LogP contribution is -3.13. The van der Waals surface area contributed by atoms with Gasteiger partial charge in [-0.05, 0) is 25.1 Å². The minimum absolute atomic E-state index is 0.357. The van der Waals surface area contributed by atoms with Gasteiger partial charge >= 0.3 is 6.18 Å². The fourth-order valence-corrected chi connectivity index (χ4v) is 3.03. The normalized spacial score (nSPS) is 18.1. The predicted molar refractivity (Wildman–Crippen MR) is 91.8 cm³/mol. The van der Waals surface area contributed by atoms with Gasteiger partial charge in [0.05, 0.1) is 46.8 Å².